The van der Waals surface area contributed by atoms with Crippen molar-refractivity contribution in [3.8, 4) is 0 Å². The van der Waals surface area contributed by atoms with Crippen molar-refractivity contribution in [3.05, 3.63) is 34.6 Å². The van der Waals surface area contributed by atoms with E-state index in [0.717, 1.165) is 18.0 Å². The van der Waals surface area contributed by atoms with Crippen molar-refractivity contribution in [2.45, 2.75) is 38.8 Å². The topological polar surface area (TPSA) is 12.0 Å². The third-order valence-electron chi connectivity index (χ3n) is 3.47. The molecule has 1 saturated carbocycles. The summed E-state index contributed by atoms with van der Waals surface area (Å²) in [5.41, 5.74) is 1.04. The lowest BCUT2D eigenvalue weighted by Gasteiger charge is -2.32. The number of hydrogen-bond donors (Lipinski definition) is 1. The third kappa shape index (κ3) is 2.74. The molecule has 1 nitrogen and oxygen atoms in total. The molecule has 1 aromatic rings. The van der Waals surface area contributed by atoms with Crippen molar-refractivity contribution in [3.63, 3.8) is 0 Å². The van der Waals surface area contributed by atoms with Gasteiger partial charge in [-0.25, -0.2) is 4.39 Å². The smallest absolute Gasteiger partial charge is 0.141 e. The van der Waals surface area contributed by atoms with Gasteiger partial charge in [-0.05, 0) is 43.4 Å². The zero-order valence-corrected chi connectivity index (χ0v) is 10.2. The lowest BCUT2D eigenvalue weighted by atomic mass is 9.80. The Kier molecular flexibility index (Phi) is 3.82. The molecule has 1 aliphatic rings. The van der Waals surface area contributed by atoms with Gasteiger partial charge in [-0.2, -0.15) is 0 Å². The largest absolute Gasteiger partial charge is 0.310 e. The average Bonchev–Trinajstić information content (AvgIpc) is 2.17. The zero-order chi connectivity index (χ0) is 11.5. The summed E-state index contributed by atoms with van der Waals surface area (Å²) >= 11 is 5.73. The SMILES string of the molecule is CC(NCc1ccc(F)c(Cl)c1)C1CCC1. The maximum Gasteiger partial charge on any atom is 0.141 e. The Labute approximate surface area is 101 Å². The van der Waals surface area contributed by atoms with Gasteiger partial charge in [-0.1, -0.05) is 24.1 Å². The van der Waals surface area contributed by atoms with Gasteiger partial charge in [0.1, 0.15) is 5.82 Å². The molecule has 0 saturated heterocycles. The van der Waals surface area contributed by atoms with E-state index in [2.05, 4.69) is 12.2 Å². The van der Waals surface area contributed by atoms with E-state index in [1.807, 2.05) is 0 Å². The molecule has 1 aromatic carbocycles. The molecule has 0 amide bonds. The minimum Gasteiger partial charge on any atom is -0.310 e. The van der Waals surface area contributed by atoms with E-state index in [9.17, 15) is 4.39 Å². The van der Waals surface area contributed by atoms with Crippen LogP contribution in [0.4, 0.5) is 4.39 Å². The standard InChI is InChI=1S/C13H17ClFN/c1-9(11-3-2-4-11)16-8-10-5-6-13(15)12(14)7-10/h5-7,9,11,16H,2-4,8H2,1H3. The first-order valence-electron chi connectivity index (χ1n) is 5.84. The molecule has 0 bridgehead atoms. The van der Waals surface area contributed by atoms with Crippen LogP contribution in [0.2, 0.25) is 5.02 Å². The summed E-state index contributed by atoms with van der Waals surface area (Å²) in [4.78, 5) is 0. The van der Waals surface area contributed by atoms with Crippen molar-refractivity contribution in [2.75, 3.05) is 0 Å². The van der Waals surface area contributed by atoms with E-state index >= 15 is 0 Å². The Bertz CT molecular complexity index is 363. The summed E-state index contributed by atoms with van der Waals surface area (Å²) in [7, 11) is 0. The van der Waals surface area contributed by atoms with Crippen LogP contribution in [-0.4, -0.2) is 6.04 Å². The highest BCUT2D eigenvalue weighted by Crippen LogP contribution is 2.29. The van der Waals surface area contributed by atoms with Gasteiger partial charge < -0.3 is 5.32 Å². The van der Waals surface area contributed by atoms with Crippen molar-refractivity contribution >= 4 is 11.6 Å². The average molecular weight is 242 g/mol. The maximum absolute atomic E-state index is 12.9. The summed E-state index contributed by atoms with van der Waals surface area (Å²) < 4.78 is 12.9. The van der Waals surface area contributed by atoms with Crippen molar-refractivity contribution in [1.29, 1.82) is 0 Å². The Morgan fingerprint density at radius 2 is 2.25 bits per heavy atom. The zero-order valence-electron chi connectivity index (χ0n) is 9.47. The van der Waals surface area contributed by atoms with Crippen molar-refractivity contribution in [2.24, 2.45) is 5.92 Å². The van der Waals surface area contributed by atoms with Crippen LogP contribution in [-0.2, 0) is 6.54 Å². The normalized spacial score (nSPS) is 18.2. The lowest BCUT2D eigenvalue weighted by molar-refractivity contribution is 0.240. The second-order valence-electron chi connectivity index (χ2n) is 4.61. The van der Waals surface area contributed by atoms with E-state index in [1.165, 1.54) is 25.3 Å². The third-order valence-corrected chi connectivity index (χ3v) is 3.76. The number of hydrogen-bond acceptors (Lipinski definition) is 1. The molecular formula is C13H17ClFN. The molecule has 0 heterocycles. The van der Waals surface area contributed by atoms with Crippen LogP contribution in [0.1, 0.15) is 31.7 Å². The minimum absolute atomic E-state index is 0.204. The highest BCUT2D eigenvalue weighted by Gasteiger charge is 2.23. The van der Waals surface area contributed by atoms with Crippen molar-refractivity contribution < 1.29 is 4.39 Å². The number of benzene rings is 1. The predicted octanol–water partition coefficient (Wildman–Crippen LogP) is 3.76. The minimum atomic E-state index is -0.350. The lowest BCUT2D eigenvalue weighted by Crippen LogP contribution is -2.36. The van der Waals surface area contributed by atoms with Gasteiger partial charge in [0.25, 0.3) is 0 Å². The van der Waals surface area contributed by atoms with Crippen LogP contribution < -0.4 is 5.32 Å². The van der Waals surface area contributed by atoms with Crippen molar-refractivity contribution in [1.82, 2.24) is 5.32 Å². The maximum atomic E-state index is 12.9. The molecule has 1 fully saturated rings. The van der Waals surface area contributed by atoms with Crippen LogP contribution in [0.15, 0.2) is 18.2 Å². The van der Waals surface area contributed by atoms with Crippen LogP contribution in [0.25, 0.3) is 0 Å². The van der Waals surface area contributed by atoms with Gasteiger partial charge in [-0.3, -0.25) is 0 Å². The fourth-order valence-corrected chi connectivity index (χ4v) is 2.24. The number of halogens is 2. The Morgan fingerprint density at radius 1 is 1.50 bits per heavy atom. The number of rotatable bonds is 4. The molecule has 3 heteroatoms. The first-order chi connectivity index (χ1) is 7.66. The summed E-state index contributed by atoms with van der Waals surface area (Å²) in [6.45, 7) is 2.98. The molecule has 0 aliphatic heterocycles. The van der Waals surface area contributed by atoms with E-state index in [1.54, 1.807) is 12.1 Å². The summed E-state index contributed by atoms with van der Waals surface area (Å²) in [5, 5.41) is 3.67. The molecular weight excluding hydrogens is 225 g/mol. The van der Waals surface area contributed by atoms with Crippen LogP contribution >= 0.6 is 11.6 Å². The Balaban J connectivity index is 1.86. The molecule has 0 radical (unpaired) electrons. The molecule has 1 aliphatic carbocycles. The second kappa shape index (κ2) is 5.15. The van der Waals surface area contributed by atoms with Gasteiger partial charge >= 0.3 is 0 Å². The molecule has 2 rings (SSSR count). The van der Waals surface area contributed by atoms with E-state index in [-0.39, 0.29) is 10.8 Å². The van der Waals surface area contributed by atoms with E-state index in [4.69, 9.17) is 11.6 Å². The highest BCUT2D eigenvalue weighted by molar-refractivity contribution is 6.30. The molecule has 1 unspecified atom stereocenters. The second-order valence-corrected chi connectivity index (χ2v) is 5.02. The van der Waals surface area contributed by atoms with Crippen LogP contribution in [0.5, 0.6) is 0 Å². The molecule has 16 heavy (non-hydrogen) atoms. The molecule has 1 atom stereocenters. The Hall–Kier alpha value is -0.600. The predicted molar refractivity (Wildman–Crippen MR) is 65.1 cm³/mol. The monoisotopic (exact) mass is 241 g/mol. The summed E-state index contributed by atoms with van der Waals surface area (Å²) in [6, 6.07) is 5.43. The van der Waals surface area contributed by atoms with Gasteiger partial charge in [-0.15, -0.1) is 0 Å². The highest BCUT2D eigenvalue weighted by atomic mass is 35.5. The van der Waals surface area contributed by atoms with Gasteiger partial charge in [0.15, 0.2) is 0 Å². The molecule has 0 spiro atoms. The summed E-state index contributed by atoms with van der Waals surface area (Å²) in [5.74, 6) is 0.466. The molecule has 88 valence electrons. The summed E-state index contributed by atoms with van der Waals surface area (Å²) in [6.07, 6.45) is 4.02. The van der Waals surface area contributed by atoms with Gasteiger partial charge in [0.2, 0.25) is 0 Å². The molecule has 0 aromatic heterocycles. The number of nitrogens with one attached hydrogen (secondary N) is 1. The van der Waals surface area contributed by atoms with Gasteiger partial charge in [0, 0.05) is 12.6 Å². The first kappa shape index (κ1) is 11.9. The van der Waals surface area contributed by atoms with Gasteiger partial charge in [0.05, 0.1) is 5.02 Å². The fourth-order valence-electron chi connectivity index (χ4n) is 2.03. The molecule has 1 N–H and O–H groups in total. The quantitative estimate of drug-likeness (QED) is 0.847. The van der Waals surface area contributed by atoms with Crippen LogP contribution in [0, 0.1) is 11.7 Å². The van der Waals surface area contributed by atoms with Crippen LogP contribution in [0.3, 0.4) is 0 Å². The first-order valence-corrected chi connectivity index (χ1v) is 6.22. The van der Waals surface area contributed by atoms with E-state index in [0.29, 0.717) is 6.04 Å². The Morgan fingerprint density at radius 3 is 2.81 bits per heavy atom. The fraction of sp³-hybridized carbons (Fsp3) is 0.538. The van der Waals surface area contributed by atoms with E-state index < -0.39 is 0 Å².